The summed E-state index contributed by atoms with van der Waals surface area (Å²) in [6.07, 6.45) is 1.08. The minimum Gasteiger partial charge on any atom is -0.493 e. The Morgan fingerprint density at radius 1 is 1.35 bits per heavy atom. The van der Waals surface area contributed by atoms with Crippen LogP contribution in [0, 0.1) is 11.7 Å². The molecule has 0 fully saturated rings. The molecular weight excluding hydrogens is 217 g/mol. The first-order valence-electron chi connectivity index (χ1n) is 6.18. The highest BCUT2D eigenvalue weighted by atomic mass is 19.1. The maximum Gasteiger partial charge on any atom is 0.124 e. The van der Waals surface area contributed by atoms with Gasteiger partial charge in [0.2, 0.25) is 0 Å². The van der Waals surface area contributed by atoms with Gasteiger partial charge in [-0.3, -0.25) is 0 Å². The Kier molecular flexibility index (Phi) is 5.42. The van der Waals surface area contributed by atoms with Crippen molar-refractivity contribution in [3.63, 3.8) is 0 Å². The third-order valence-electron chi connectivity index (χ3n) is 3.09. The number of halogens is 1. The normalized spacial score (nSPS) is 14.4. The fraction of sp³-hybridized carbons (Fsp3) is 0.571. The van der Waals surface area contributed by atoms with E-state index in [-0.39, 0.29) is 11.9 Å². The molecule has 1 N–H and O–H groups in total. The summed E-state index contributed by atoms with van der Waals surface area (Å²) in [6, 6.07) is 4.77. The molecule has 0 saturated carbocycles. The molecule has 0 aliphatic carbocycles. The zero-order chi connectivity index (χ0) is 12.8. The Labute approximate surface area is 103 Å². The summed E-state index contributed by atoms with van der Waals surface area (Å²) in [5.41, 5.74) is 0.871. The van der Waals surface area contributed by atoms with Crippen LogP contribution in [0.4, 0.5) is 4.39 Å². The maximum absolute atomic E-state index is 13.2. The molecule has 0 aromatic heterocycles. The lowest BCUT2D eigenvalue weighted by atomic mass is 10.1. The minimum atomic E-state index is -0.224. The Morgan fingerprint density at radius 3 is 2.65 bits per heavy atom. The zero-order valence-corrected chi connectivity index (χ0v) is 11.1. The molecule has 0 bridgehead atoms. The molecule has 0 amide bonds. The van der Waals surface area contributed by atoms with Crippen molar-refractivity contribution in [2.75, 3.05) is 13.7 Å². The maximum atomic E-state index is 13.2. The van der Waals surface area contributed by atoms with Gasteiger partial charge in [0.1, 0.15) is 11.6 Å². The van der Waals surface area contributed by atoms with Crippen molar-refractivity contribution in [2.24, 2.45) is 5.92 Å². The number of benzene rings is 1. The first kappa shape index (κ1) is 14.0. The average Bonchev–Trinajstić information content (AvgIpc) is 2.35. The third-order valence-corrected chi connectivity index (χ3v) is 3.09. The van der Waals surface area contributed by atoms with Crippen molar-refractivity contribution in [1.29, 1.82) is 0 Å². The van der Waals surface area contributed by atoms with Crippen molar-refractivity contribution in [2.45, 2.75) is 33.2 Å². The number of nitrogens with one attached hydrogen (secondary N) is 1. The van der Waals surface area contributed by atoms with E-state index in [1.54, 1.807) is 6.07 Å². The van der Waals surface area contributed by atoms with Gasteiger partial charge in [0, 0.05) is 11.6 Å². The van der Waals surface area contributed by atoms with E-state index in [2.05, 4.69) is 19.2 Å². The number of hydrogen-bond donors (Lipinski definition) is 1. The van der Waals surface area contributed by atoms with E-state index in [0.717, 1.165) is 17.7 Å². The molecule has 2 nitrogen and oxygen atoms in total. The van der Waals surface area contributed by atoms with Gasteiger partial charge in [-0.2, -0.15) is 0 Å². The summed E-state index contributed by atoms with van der Waals surface area (Å²) in [6.45, 7) is 6.94. The van der Waals surface area contributed by atoms with Gasteiger partial charge in [-0.1, -0.05) is 20.3 Å². The molecule has 0 radical (unpaired) electrons. The van der Waals surface area contributed by atoms with Crippen LogP contribution in [0.25, 0.3) is 0 Å². The van der Waals surface area contributed by atoms with E-state index in [1.165, 1.54) is 12.1 Å². The van der Waals surface area contributed by atoms with Gasteiger partial charge in [0.05, 0.1) is 6.61 Å². The molecule has 0 spiro atoms. The highest BCUT2D eigenvalue weighted by Crippen LogP contribution is 2.26. The van der Waals surface area contributed by atoms with Crippen LogP contribution in [-0.2, 0) is 0 Å². The first-order chi connectivity index (χ1) is 8.08. The average molecular weight is 239 g/mol. The number of hydrogen-bond acceptors (Lipinski definition) is 2. The van der Waals surface area contributed by atoms with Crippen LogP contribution in [0.5, 0.6) is 5.75 Å². The summed E-state index contributed by atoms with van der Waals surface area (Å²) in [5, 5.41) is 3.10. The van der Waals surface area contributed by atoms with Gasteiger partial charge in [-0.05, 0) is 38.1 Å². The fourth-order valence-electron chi connectivity index (χ4n) is 1.49. The summed E-state index contributed by atoms with van der Waals surface area (Å²) in [4.78, 5) is 0. The molecule has 0 aliphatic heterocycles. The zero-order valence-electron chi connectivity index (χ0n) is 11.1. The molecular formula is C14H22FNO. The second-order valence-corrected chi connectivity index (χ2v) is 4.52. The lowest BCUT2D eigenvalue weighted by Crippen LogP contribution is -2.15. The molecule has 3 heteroatoms. The van der Waals surface area contributed by atoms with E-state index >= 15 is 0 Å². The minimum absolute atomic E-state index is 0.0811. The molecule has 1 rings (SSSR count). The first-order valence-corrected chi connectivity index (χ1v) is 6.18. The van der Waals surface area contributed by atoms with E-state index in [1.807, 2.05) is 14.0 Å². The number of rotatable bonds is 6. The summed E-state index contributed by atoms with van der Waals surface area (Å²) >= 11 is 0. The lowest BCUT2D eigenvalue weighted by Gasteiger charge is -2.18. The topological polar surface area (TPSA) is 21.3 Å². The molecule has 1 aromatic carbocycles. The highest BCUT2D eigenvalue weighted by molar-refractivity contribution is 5.36. The van der Waals surface area contributed by atoms with Crippen molar-refractivity contribution >= 4 is 0 Å². The van der Waals surface area contributed by atoms with Crippen LogP contribution < -0.4 is 10.1 Å². The van der Waals surface area contributed by atoms with Crippen LogP contribution in [0.2, 0.25) is 0 Å². The largest absolute Gasteiger partial charge is 0.493 e. The SMILES string of the molecule is CCC(C)COc1ccc(F)cc1C(C)NC. The van der Waals surface area contributed by atoms with Gasteiger partial charge >= 0.3 is 0 Å². The van der Waals surface area contributed by atoms with Gasteiger partial charge in [-0.15, -0.1) is 0 Å². The molecule has 17 heavy (non-hydrogen) atoms. The Morgan fingerprint density at radius 2 is 2.06 bits per heavy atom. The quantitative estimate of drug-likeness (QED) is 0.820. The molecule has 0 saturated heterocycles. The Balaban J connectivity index is 2.83. The van der Waals surface area contributed by atoms with Crippen LogP contribution >= 0.6 is 0 Å². The molecule has 1 aromatic rings. The monoisotopic (exact) mass is 239 g/mol. The lowest BCUT2D eigenvalue weighted by molar-refractivity contribution is 0.252. The summed E-state index contributed by atoms with van der Waals surface area (Å²) in [7, 11) is 1.86. The van der Waals surface area contributed by atoms with E-state index in [4.69, 9.17) is 4.74 Å². The number of ether oxygens (including phenoxy) is 1. The Bertz CT molecular complexity index is 354. The van der Waals surface area contributed by atoms with Crippen molar-refractivity contribution < 1.29 is 9.13 Å². The Hall–Kier alpha value is -1.09. The van der Waals surface area contributed by atoms with Crippen LogP contribution in [0.1, 0.15) is 38.8 Å². The van der Waals surface area contributed by atoms with Gasteiger partial charge in [-0.25, -0.2) is 4.39 Å². The third kappa shape index (κ3) is 4.00. The van der Waals surface area contributed by atoms with Gasteiger partial charge in [0.25, 0.3) is 0 Å². The smallest absolute Gasteiger partial charge is 0.124 e. The molecule has 2 atom stereocenters. The van der Waals surface area contributed by atoms with Crippen LogP contribution in [-0.4, -0.2) is 13.7 Å². The van der Waals surface area contributed by atoms with Crippen molar-refractivity contribution in [3.8, 4) is 5.75 Å². The van der Waals surface area contributed by atoms with Gasteiger partial charge in [0.15, 0.2) is 0 Å². The molecule has 96 valence electrons. The second-order valence-electron chi connectivity index (χ2n) is 4.52. The van der Waals surface area contributed by atoms with Crippen molar-refractivity contribution in [1.82, 2.24) is 5.32 Å². The standard InChI is InChI=1S/C14H22FNO/c1-5-10(2)9-17-14-7-6-12(15)8-13(14)11(3)16-4/h6-8,10-11,16H,5,9H2,1-4H3. The molecule has 0 heterocycles. The predicted molar refractivity (Wildman–Crippen MR) is 68.8 cm³/mol. The van der Waals surface area contributed by atoms with E-state index < -0.39 is 0 Å². The van der Waals surface area contributed by atoms with Crippen molar-refractivity contribution in [3.05, 3.63) is 29.6 Å². The van der Waals surface area contributed by atoms with Gasteiger partial charge < -0.3 is 10.1 Å². The van der Waals surface area contributed by atoms with E-state index in [0.29, 0.717) is 12.5 Å². The van der Waals surface area contributed by atoms with Crippen LogP contribution in [0.3, 0.4) is 0 Å². The predicted octanol–water partition coefficient (Wildman–Crippen LogP) is 3.53. The highest BCUT2D eigenvalue weighted by Gasteiger charge is 2.12. The second kappa shape index (κ2) is 6.60. The molecule has 0 aliphatic rings. The summed E-state index contributed by atoms with van der Waals surface area (Å²) < 4.78 is 19.0. The molecule has 2 unspecified atom stereocenters. The fourth-order valence-corrected chi connectivity index (χ4v) is 1.49. The summed E-state index contributed by atoms with van der Waals surface area (Å²) in [5.74, 6) is 1.06. The van der Waals surface area contributed by atoms with E-state index in [9.17, 15) is 4.39 Å². The van der Waals surface area contributed by atoms with Crippen LogP contribution in [0.15, 0.2) is 18.2 Å².